The molecule has 0 fully saturated rings. The van der Waals surface area contributed by atoms with Gasteiger partial charge in [-0.3, -0.25) is 0 Å². The number of hydrogen-bond donors (Lipinski definition) is 2. The minimum Gasteiger partial charge on any atom is -0.506 e. The van der Waals surface area contributed by atoms with E-state index in [0.717, 1.165) is 21.7 Å². The Labute approximate surface area is 219 Å². The van der Waals surface area contributed by atoms with Gasteiger partial charge < -0.3 is 5.11 Å². The van der Waals surface area contributed by atoms with E-state index in [-0.39, 0.29) is 27.6 Å². The highest BCUT2D eigenvalue weighted by atomic mass is 79.9. The number of aromatic hydroxyl groups is 1. The van der Waals surface area contributed by atoms with Crippen LogP contribution in [0.5, 0.6) is 5.75 Å². The third-order valence-electron chi connectivity index (χ3n) is 5.02. The van der Waals surface area contributed by atoms with E-state index in [2.05, 4.69) is 19.9 Å². The Balaban J connectivity index is 0.00000342. The minimum atomic E-state index is -3.63. The van der Waals surface area contributed by atoms with Crippen molar-refractivity contribution in [3.63, 3.8) is 0 Å². The zero-order valence-electron chi connectivity index (χ0n) is 18.9. The van der Waals surface area contributed by atoms with Crippen LogP contribution in [0.2, 0.25) is 0 Å². The second-order valence-electron chi connectivity index (χ2n) is 7.46. The number of phenolic OH excluding ortho intramolecular Hbond substituents is 1. The predicted octanol–water partition coefficient (Wildman–Crippen LogP) is 5.22. The van der Waals surface area contributed by atoms with Gasteiger partial charge in [0.05, 0.1) is 23.8 Å². The summed E-state index contributed by atoms with van der Waals surface area (Å²) in [6.45, 7) is 0.327. The van der Waals surface area contributed by atoms with Gasteiger partial charge in [0, 0.05) is 23.8 Å². The van der Waals surface area contributed by atoms with E-state index >= 15 is 0 Å². The maximum atomic E-state index is 12.6. The number of nitrogens with one attached hydrogen (secondary N) is 1. The molecule has 35 heavy (non-hydrogen) atoms. The Bertz CT molecular complexity index is 1430. The van der Waals surface area contributed by atoms with Gasteiger partial charge in [-0.15, -0.1) is 22.1 Å². The lowest BCUT2D eigenvalue weighted by Gasteiger charge is -2.06. The Kier molecular flexibility index (Phi) is 9.33. The van der Waals surface area contributed by atoms with Gasteiger partial charge in [0.25, 0.3) is 0 Å². The van der Waals surface area contributed by atoms with Crippen molar-refractivity contribution in [2.24, 2.45) is 17.3 Å². The van der Waals surface area contributed by atoms with Crippen LogP contribution in [0, 0.1) is 0 Å². The number of rotatable bonds is 9. The maximum absolute atomic E-state index is 12.6. The molecule has 0 aliphatic carbocycles. The number of fused-ring (bicyclic) bond motifs is 1. The summed E-state index contributed by atoms with van der Waals surface area (Å²) < 4.78 is 29.7. The molecular formula is C24H25BrN5O3S2+. The van der Waals surface area contributed by atoms with Gasteiger partial charge in [-0.05, 0) is 58.9 Å². The van der Waals surface area contributed by atoms with Crippen LogP contribution in [0.15, 0.2) is 99.4 Å². The fourth-order valence-electron chi connectivity index (χ4n) is 3.24. The summed E-state index contributed by atoms with van der Waals surface area (Å²) in [5.41, 5.74) is 0.847. The highest BCUT2D eigenvalue weighted by Crippen LogP contribution is 2.36. The first-order valence-corrected chi connectivity index (χ1v) is 13.1. The van der Waals surface area contributed by atoms with Crippen molar-refractivity contribution in [3.8, 4) is 5.75 Å². The molecule has 0 amide bonds. The van der Waals surface area contributed by atoms with E-state index in [0.29, 0.717) is 24.3 Å². The van der Waals surface area contributed by atoms with Crippen molar-refractivity contribution in [2.45, 2.75) is 16.5 Å². The van der Waals surface area contributed by atoms with E-state index in [1.54, 1.807) is 36.2 Å². The maximum Gasteiger partial charge on any atom is 0.358 e. The third kappa shape index (κ3) is 6.85. The average Bonchev–Trinajstić information content (AvgIpc) is 2.84. The molecule has 2 N–H and O–H groups in total. The van der Waals surface area contributed by atoms with E-state index < -0.39 is 10.0 Å². The predicted molar refractivity (Wildman–Crippen MR) is 142 cm³/mol. The second kappa shape index (κ2) is 12.2. The molecule has 11 heteroatoms. The van der Waals surface area contributed by atoms with Gasteiger partial charge in [0.1, 0.15) is 17.6 Å². The smallest absolute Gasteiger partial charge is 0.358 e. The largest absolute Gasteiger partial charge is 0.506 e. The lowest BCUT2D eigenvalue weighted by Crippen LogP contribution is -2.31. The molecule has 0 radical (unpaired) electrons. The highest BCUT2D eigenvalue weighted by Gasteiger charge is 2.14. The molecule has 0 saturated heterocycles. The van der Waals surface area contributed by atoms with Gasteiger partial charge in [0.2, 0.25) is 10.0 Å². The van der Waals surface area contributed by atoms with Gasteiger partial charge in [-0.1, -0.05) is 30.3 Å². The topological polar surface area (TPSA) is 108 Å². The zero-order chi connectivity index (χ0) is 24.0. The number of phenols is 1. The number of halogens is 1. The Morgan fingerprint density at radius 2 is 1.80 bits per heavy atom. The molecule has 182 valence electrons. The van der Waals surface area contributed by atoms with Gasteiger partial charge >= 0.3 is 5.16 Å². The van der Waals surface area contributed by atoms with Gasteiger partial charge in [-0.25, -0.2) is 17.7 Å². The number of nitrogens with zero attached hydrogens (tertiary/aromatic N) is 4. The number of benzene rings is 3. The first-order chi connectivity index (χ1) is 16.4. The summed E-state index contributed by atoms with van der Waals surface area (Å²) in [5.74, 6) is 0.772. The molecule has 3 aromatic carbocycles. The zero-order valence-corrected chi connectivity index (χ0v) is 22.3. The summed E-state index contributed by atoms with van der Waals surface area (Å²) in [4.78, 5) is 4.45. The Morgan fingerprint density at radius 3 is 2.57 bits per heavy atom. The monoisotopic (exact) mass is 574 g/mol. The summed E-state index contributed by atoms with van der Waals surface area (Å²) in [5, 5.41) is 21.2. The van der Waals surface area contributed by atoms with Crippen LogP contribution >= 0.6 is 28.7 Å². The average molecular weight is 576 g/mol. The molecule has 0 spiro atoms. The summed E-state index contributed by atoms with van der Waals surface area (Å²) >= 11 is 1.58. The minimum absolute atomic E-state index is 0. The molecule has 4 rings (SSSR count). The fourth-order valence-corrected chi connectivity index (χ4v) is 5.19. The number of sulfonamides is 1. The number of aromatic nitrogens is 2. The van der Waals surface area contributed by atoms with Crippen LogP contribution in [-0.2, 0) is 17.1 Å². The molecule has 0 atom stereocenters. The second-order valence-corrected chi connectivity index (χ2v) is 10.3. The molecule has 4 aromatic rings. The molecule has 8 nitrogen and oxygen atoms in total. The van der Waals surface area contributed by atoms with Crippen molar-refractivity contribution in [2.75, 3.05) is 12.3 Å². The standard InChI is InChI=1S/C24H23N5O3S2.BrH/c1-29-16-4-14-25-24(29)33-17-5-15-26-34(31,32)20-11-9-19(10-12-20)27-28-23-21-7-3-2-6-18(21)8-13-22(23)30;/h2-4,6-14,16,26H,5,15,17H2,1H3;1H/p+1. The third-order valence-corrected chi connectivity index (χ3v) is 7.64. The van der Waals surface area contributed by atoms with E-state index in [9.17, 15) is 13.5 Å². The van der Waals surface area contributed by atoms with Crippen LogP contribution in [0.4, 0.5) is 11.4 Å². The number of hydrogen-bond acceptors (Lipinski definition) is 7. The molecule has 0 aliphatic heterocycles. The number of thioether (sulfide) groups is 1. The van der Waals surface area contributed by atoms with E-state index in [1.807, 2.05) is 54.2 Å². The summed E-state index contributed by atoms with van der Waals surface area (Å²) in [6, 6.07) is 19.0. The molecule has 1 heterocycles. The van der Waals surface area contributed by atoms with E-state index in [4.69, 9.17) is 0 Å². The summed E-state index contributed by atoms with van der Waals surface area (Å²) in [7, 11) is -1.70. The van der Waals surface area contributed by atoms with E-state index in [1.165, 1.54) is 12.1 Å². The lowest BCUT2D eigenvalue weighted by atomic mass is 10.1. The number of aryl methyl sites for hydroxylation is 1. The van der Waals surface area contributed by atoms with Crippen molar-refractivity contribution in [3.05, 3.63) is 79.1 Å². The van der Waals surface area contributed by atoms with Crippen LogP contribution in [0.3, 0.4) is 0 Å². The summed E-state index contributed by atoms with van der Waals surface area (Å²) in [6.07, 6.45) is 4.33. The van der Waals surface area contributed by atoms with Crippen LogP contribution in [-0.4, -0.2) is 30.8 Å². The molecule has 0 aliphatic rings. The first kappa shape index (κ1) is 26.7. The molecule has 1 aromatic heterocycles. The Morgan fingerprint density at radius 1 is 1.03 bits per heavy atom. The molecule has 0 bridgehead atoms. The molecular weight excluding hydrogens is 550 g/mol. The van der Waals surface area contributed by atoms with Crippen LogP contribution < -0.4 is 9.29 Å². The van der Waals surface area contributed by atoms with Gasteiger partial charge in [-0.2, -0.15) is 5.11 Å². The van der Waals surface area contributed by atoms with Crippen molar-refractivity contribution >= 4 is 60.9 Å². The van der Waals surface area contributed by atoms with Crippen molar-refractivity contribution in [1.29, 1.82) is 0 Å². The Hall–Kier alpha value is -2.86. The SMILES string of the molecule is Br.C[n+]1cccnc1SCCCNS(=O)(=O)c1ccc(N=Nc2c(O)ccc3ccccc23)cc1. The quantitative estimate of drug-likeness (QED) is 0.0936. The molecule has 0 saturated carbocycles. The first-order valence-electron chi connectivity index (χ1n) is 10.6. The van der Waals surface area contributed by atoms with Crippen LogP contribution in [0.25, 0.3) is 10.8 Å². The van der Waals surface area contributed by atoms with Crippen molar-refractivity contribution < 1.29 is 18.1 Å². The van der Waals surface area contributed by atoms with Crippen molar-refractivity contribution in [1.82, 2.24) is 9.71 Å². The lowest BCUT2D eigenvalue weighted by molar-refractivity contribution is -0.713. The highest BCUT2D eigenvalue weighted by molar-refractivity contribution is 8.93. The number of azo groups is 1. The molecule has 0 unspecified atom stereocenters. The van der Waals surface area contributed by atoms with Crippen LogP contribution in [0.1, 0.15) is 6.42 Å². The fraction of sp³-hybridized carbons (Fsp3) is 0.167. The normalized spacial score (nSPS) is 11.6. The van der Waals surface area contributed by atoms with Gasteiger partial charge in [0.15, 0.2) is 0 Å².